The third-order valence-corrected chi connectivity index (χ3v) is 6.01. The Balaban J connectivity index is 2.07. The number of sulfone groups is 1. The number of benzene rings is 1. The lowest BCUT2D eigenvalue weighted by molar-refractivity contribution is 0.571. The zero-order chi connectivity index (χ0) is 14.3. The van der Waals surface area contributed by atoms with E-state index < -0.39 is 15.1 Å². The van der Waals surface area contributed by atoms with Crippen LogP contribution < -0.4 is 5.73 Å². The maximum absolute atomic E-state index is 11.9. The monoisotopic (exact) mass is 290 g/mol. The van der Waals surface area contributed by atoms with Crippen molar-refractivity contribution in [3.05, 3.63) is 23.8 Å². The number of rotatable bonds is 2. The molecule has 1 unspecified atom stereocenters. The number of aromatic nitrogens is 2. The van der Waals surface area contributed by atoms with Gasteiger partial charge in [-0.3, -0.25) is 0 Å². The van der Waals surface area contributed by atoms with E-state index in [-0.39, 0.29) is 11.7 Å². The number of anilines is 1. The number of hydrogen-bond acceptors (Lipinski definition) is 5. The van der Waals surface area contributed by atoms with Gasteiger partial charge in [-0.05, 0) is 31.0 Å². The van der Waals surface area contributed by atoms with Crippen LogP contribution in [0, 0.1) is 11.3 Å². The summed E-state index contributed by atoms with van der Waals surface area (Å²) in [6, 6.07) is 7.16. The predicted molar refractivity (Wildman–Crippen MR) is 75.7 cm³/mol. The molecule has 3 rings (SSSR count). The van der Waals surface area contributed by atoms with Gasteiger partial charge in [-0.1, -0.05) is 0 Å². The molecule has 1 aromatic heterocycles. The number of imidazole rings is 1. The van der Waals surface area contributed by atoms with Crippen molar-refractivity contribution in [3.8, 4) is 6.07 Å². The molecule has 7 heteroatoms. The maximum atomic E-state index is 11.9. The summed E-state index contributed by atoms with van der Waals surface area (Å²) in [5.41, 5.74) is 7.78. The third-order valence-electron chi connectivity index (χ3n) is 3.76. The number of nitriles is 1. The van der Waals surface area contributed by atoms with Crippen molar-refractivity contribution in [2.45, 2.75) is 24.6 Å². The van der Waals surface area contributed by atoms with E-state index in [2.05, 4.69) is 11.1 Å². The maximum Gasteiger partial charge on any atom is 0.201 e. The summed E-state index contributed by atoms with van der Waals surface area (Å²) >= 11 is 0. The number of nitrogens with two attached hydrogens (primary N) is 1. The van der Waals surface area contributed by atoms with Gasteiger partial charge in [-0.15, -0.1) is 0 Å². The van der Waals surface area contributed by atoms with E-state index >= 15 is 0 Å². The van der Waals surface area contributed by atoms with Crippen molar-refractivity contribution in [3.63, 3.8) is 0 Å². The Hall–Kier alpha value is -2.07. The lowest BCUT2D eigenvalue weighted by atomic mass is 10.2. The fourth-order valence-corrected chi connectivity index (χ4v) is 4.47. The first-order valence-corrected chi connectivity index (χ1v) is 8.10. The molecule has 1 aromatic carbocycles. The van der Waals surface area contributed by atoms with Gasteiger partial charge in [0, 0.05) is 6.54 Å². The first-order chi connectivity index (χ1) is 9.51. The van der Waals surface area contributed by atoms with Gasteiger partial charge in [0.2, 0.25) is 5.95 Å². The highest BCUT2D eigenvalue weighted by molar-refractivity contribution is 7.92. The van der Waals surface area contributed by atoms with Gasteiger partial charge < -0.3 is 10.3 Å². The minimum absolute atomic E-state index is 0.244. The molecule has 1 saturated heterocycles. The van der Waals surface area contributed by atoms with Gasteiger partial charge >= 0.3 is 0 Å². The van der Waals surface area contributed by atoms with Crippen LogP contribution in [-0.2, 0) is 16.4 Å². The highest BCUT2D eigenvalue weighted by atomic mass is 32.2. The Kier molecular flexibility index (Phi) is 2.91. The molecular formula is C13H14N4O2S. The lowest BCUT2D eigenvalue weighted by Gasteiger charge is -2.12. The minimum atomic E-state index is -3.03. The molecule has 2 heterocycles. The van der Waals surface area contributed by atoms with Crippen molar-refractivity contribution in [2.75, 3.05) is 11.5 Å². The quantitative estimate of drug-likeness (QED) is 0.891. The van der Waals surface area contributed by atoms with Crippen LogP contribution in [0.25, 0.3) is 11.0 Å². The Morgan fingerprint density at radius 1 is 1.50 bits per heavy atom. The molecular weight excluding hydrogens is 276 g/mol. The first-order valence-electron chi connectivity index (χ1n) is 6.39. The van der Waals surface area contributed by atoms with Crippen LogP contribution in [0.3, 0.4) is 0 Å². The molecule has 104 valence electrons. The third kappa shape index (κ3) is 2.02. The zero-order valence-electron chi connectivity index (χ0n) is 10.8. The molecule has 0 spiro atoms. The number of nitrogens with zero attached hydrogens (tertiary/aromatic N) is 3. The summed E-state index contributed by atoms with van der Waals surface area (Å²) in [5.74, 6) is 0.533. The zero-order valence-corrected chi connectivity index (χ0v) is 11.6. The van der Waals surface area contributed by atoms with Crippen molar-refractivity contribution in [2.24, 2.45) is 0 Å². The lowest BCUT2D eigenvalue weighted by Crippen LogP contribution is -2.23. The average molecular weight is 290 g/mol. The van der Waals surface area contributed by atoms with Crippen LogP contribution in [0.15, 0.2) is 18.2 Å². The normalized spacial score (nSPS) is 21.1. The van der Waals surface area contributed by atoms with Gasteiger partial charge in [-0.25, -0.2) is 13.4 Å². The molecule has 1 fully saturated rings. The molecule has 0 bridgehead atoms. The summed E-state index contributed by atoms with van der Waals surface area (Å²) in [6.07, 6.45) is 1.35. The van der Waals surface area contributed by atoms with Crippen LogP contribution in [0.4, 0.5) is 5.95 Å². The SMILES string of the molecule is N#Cc1ccc2nc(N)n(CC3CCCS3(=O)=O)c2c1. The summed E-state index contributed by atoms with van der Waals surface area (Å²) < 4.78 is 25.6. The van der Waals surface area contributed by atoms with Gasteiger partial charge in [0.1, 0.15) is 0 Å². The Labute approximate surface area is 116 Å². The molecule has 1 aliphatic heterocycles. The topological polar surface area (TPSA) is 102 Å². The van der Waals surface area contributed by atoms with Crippen molar-refractivity contribution >= 4 is 26.8 Å². The van der Waals surface area contributed by atoms with Crippen LogP contribution in [-0.4, -0.2) is 29.0 Å². The Bertz CT molecular complexity index is 817. The smallest absolute Gasteiger partial charge is 0.201 e. The molecule has 0 radical (unpaired) electrons. The molecule has 0 aliphatic carbocycles. The molecule has 0 amide bonds. The van der Waals surface area contributed by atoms with E-state index in [1.165, 1.54) is 0 Å². The van der Waals surface area contributed by atoms with Crippen LogP contribution in [0.1, 0.15) is 18.4 Å². The largest absolute Gasteiger partial charge is 0.369 e. The molecule has 0 saturated carbocycles. The summed E-state index contributed by atoms with van der Waals surface area (Å²) in [4.78, 5) is 4.21. The van der Waals surface area contributed by atoms with Crippen LogP contribution in [0.5, 0.6) is 0 Å². The van der Waals surface area contributed by atoms with E-state index in [4.69, 9.17) is 11.0 Å². The summed E-state index contributed by atoms with van der Waals surface area (Å²) in [6.45, 7) is 0.305. The Morgan fingerprint density at radius 2 is 2.30 bits per heavy atom. The van der Waals surface area contributed by atoms with Gasteiger partial charge in [0.25, 0.3) is 0 Å². The van der Waals surface area contributed by atoms with Crippen LogP contribution >= 0.6 is 0 Å². The summed E-state index contributed by atoms with van der Waals surface area (Å²) in [7, 11) is -3.03. The van der Waals surface area contributed by atoms with E-state index in [1.54, 1.807) is 22.8 Å². The first kappa shape index (κ1) is 12.9. The number of hydrogen-bond donors (Lipinski definition) is 1. The predicted octanol–water partition coefficient (Wildman–Crippen LogP) is 1.07. The standard InChI is InChI=1S/C13H14N4O2S/c14-7-9-3-4-11-12(6-9)17(13(15)16-11)8-10-2-1-5-20(10,18)19/h3-4,6,10H,1-2,5,8H2,(H2,15,16). The second-order valence-electron chi connectivity index (χ2n) is 5.03. The molecule has 1 atom stereocenters. The number of fused-ring (bicyclic) bond motifs is 1. The second kappa shape index (κ2) is 4.49. The fourth-order valence-electron chi connectivity index (χ4n) is 2.67. The Morgan fingerprint density at radius 3 is 2.95 bits per heavy atom. The highest BCUT2D eigenvalue weighted by Gasteiger charge is 2.32. The highest BCUT2D eigenvalue weighted by Crippen LogP contribution is 2.26. The number of nitrogen functional groups attached to an aromatic ring is 1. The van der Waals surface area contributed by atoms with Crippen molar-refractivity contribution < 1.29 is 8.42 Å². The van der Waals surface area contributed by atoms with E-state index in [1.807, 2.05) is 0 Å². The van der Waals surface area contributed by atoms with Gasteiger partial charge in [-0.2, -0.15) is 5.26 Å². The van der Waals surface area contributed by atoms with E-state index in [9.17, 15) is 8.42 Å². The average Bonchev–Trinajstić information content (AvgIpc) is 2.90. The van der Waals surface area contributed by atoms with E-state index in [0.717, 1.165) is 0 Å². The molecule has 20 heavy (non-hydrogen) atoms. The minimum Gasteiger partial charge on any atom is -0.369 e. The van der Waals surface area contributed by atoms with Gasteiger partial charge in [0.05, 0.1) is 33.7 Å². The fraction of sp³-hybridized carbons (Fsp3) is 0.385. The van der Waals surface area contributed by atoms with E-state index in [0.29, 0.717) is 36.0 Å². The van der Waals surface area contributed by atoms with Gasteiger partial charge in [0.15, 0.2) is 9.84 Å². The second-order valence-corrected chi connectivity index (χ2v) is 7.43. The molecule has 2 aromatic rings. The molecule has 6 nitrogen and oxygen atoms in total. The molecule has 1 aliphatic rings. The van der Waals surface area contributed by atoms with Crippen molar-refractivity contribution in [1.82, 2.24) is 9.55 Å². The summed E-state index contributed by atoms with van der Waals surface area (Å²) in [5, 5.41) is 8.55. The van der Waals surface area contributed by atoms with Crippen molar-refractivity contribution in [1.29, 1.82) is 5.26 Å². The molecule has 2 N–H and O–H groups in total. The van der Waals surface area contributed by atoms with Crippen LogP contribution in [0.2, 0.25) is 0 Å².